The number of carbonyl (C=O) groups is 1. The van der Waals surface area contributed by atoms with Crippen molar-refractivity contribution in [3.63, 3.8) is 0 Å². The first-order chi connectivity index (χ1) is 11.9. The van der Waals surface area contributed by atoms with Crippen molar-refractivity contribution in [2.24, 2.45) is 0 Å². The summed E-state index contributed by atoms with van der Waals surface area (Å²) >= 11 is 1.51. The third-order valence-corrected chi connectivity index (χ3v) is 5.32. The van der Waals surface area contributed by atoms with E-state index in [0.717, 1.165) is 17.1 Å². The molecule has 1 fully saturated rings. The molecule has 0 radical (unpaired) electrons. The molecule has 0 saturated carbocycles. The molecule has 1 saturated heterocycles. The van der Waals surface area contributed by atoms with Crippen molar-refractivity contribution in [1.29, 1.82) is 0 Å². The van der Waals surface area contributed by atoms with E-state index in [-0.39, 0.29) is 5.91 Å². The van der Waals surface area contributed by atoms with Crippen molar-refractivity contribution >= 4 is 17.2 Å². The van der Waals surface area contributed by atoms with Gasteiger partial charge in [-0.05, 0) is 45.5 Å². The Hall–Kier alpha value is -1.83. The zero-order valence-electron chi connectivity index (χ0n) is 14.9. The lowest BCUT2D eigenvalue weighted by molar-refractivity contribution is -0.0245. The van der Waals surface area contributed by atoms with Gasteiger partial charge in [0.1, 0.15) is 16.3 Å². The van der Waals surface area contributed by atoms with E-state index in [1.54, 1.807) is 11.1 Å². The van der Waals surface area contributed by atoms with Crippen molar-refractivity contribution in [2.75, 3.05) is 27.2 Å². The molecule has 0 unspecified atom stereocenters. The van der Waals surface area contributed by atoms with E-state index in [9.17, 15) is 9.90 Å². The smallest absolute Gasteiger partial charge is 0.273 e. The maximum Gasteiger partial charge on any atom is 0.273 e. The highest BCUT2D eigenvalue weighted by Crippen LogP contribution is 2.32. The minimum absolute atomic E-state index is 0.0554. The predicted octanol–water partition coefficient (Wildman–Crippen LogP) is 2.03. The van der Waals surface area contributed by atoms with Gasteiger partial charge in [-0.2, -0.15) is 0 Å². The summed E-state index contributed by atoms with van der Waals surface area (Å²) in [5.41, 5.74) is 1.30. The first kappa shape index (κ1) is 18.0. The number of aliphatic hydroxyl groups is 1. The van der Waals surface area contributed by atoms with E-state index < -0.39 is 5.60 Å². The number of hydrogen-bond acceptors (Lipinski definition) is 6. The van der Waals surface area contributed by atoms with E-state index in [1.807, 2.05) is 43.4 Å². The maximum atomic E-state index is 12.7. The lowest BCUT2D eigenvalue weighted by atomic mass is 9.87. The van der Waals surface area contributed by atoms with Crippen LogP contribution in [0.4, 0.5) is 0 Å². The summed E-state index contributed by atoms with van der Waals surface area (Å²) in [4.78, 5) is 25.3. The lowest BCUT2D eigenvalue weighted by Gasteiger charge is -2.37. The number of aryl methyl sites for hydroxylation is 1. The van der Waals surface area contributed by atoms with Crippen LogP contribution >= 0.6 is 11.3 Å². The van der Waals surface area contributed by atoms with Crippen LogP contribution in [0.5, 0.6) is 0 Å². The maximum absolute atomic E-state index is 12.7. The number of likely N-dealkylation sites (tertiary alicyclic amines) is 1. The van der Waals surface area contributed by atoms with Crippen LogP contribution in [0, 0.1) is 6.92 Å². The second kappa shape index (κ2) is 7.19. The van der Waals surface area contributed by atoms with E-state index in [4.69, 9.17) is 0 Å². The zero-order chi connectivity index (χ0) is 18.0. The summed E-state index contributed by atoms with van der Waals surface area (Å²) < 4.78 is 0. The van der Waals surface area contributed by atoms with Crippen LogP contribution < -0.4 is 0 Å². The zero-order valence-corrected chi connectivity index (χ0v) is 15.7. The van der Waals surface area contributed by atoms with Crippen molar-refractivity contribution < 1.29 is 9.90 Å². The number of rotatable bonds is 4. The molecule has 6 nitrogen and oxygen atoms in total. The number of amides is 1. The van der Waals surface area contributed by atoms with E-state index in [0.29, 0.717) is 37.3 Å². The SMILES string of the molecule is Cc1ccc(C2(O)CCN(C(=O)c3csc(CN(C)C)n3)CC2)nc1. The van der Waals surface area contributed by atoms with Crippen LogP contribution in [0.1, 0.15) is 39.6 Å². The molecule has 2 aromatic heterocycles. The minimum Gasteiger partial charge on any atom is -0.383 e. The Morgan fingerprint density at radius 1 is 1.36 bits per heavy atom. The Balaban J connectivity index is 1.64. The largest absolute Gasteiger partial charge is 0.383 e. The molecule has 134 valence electrons. The minimum atomic E-state index is -0.956. The standard InChI is InChI=1S/C18H24N4O2S/c1-13-4-5-15(19-10-13)18(24)6-8-22(9-7-18)17(23)14-12-25-16(20-14)11-21(2)3/h4-5,10,12,24H,6-9,11H2,1-3H3. The number of pyridine rings is 1. The van der Waals surface area contributed by atoms with Crippen LogP contribution in [0.15, 0.2) is 23.7 Å². The highest BCUT2D eigenvalue weighted by atomic mass is 32.1. The molecular weight excluding hydrogens is 336 g/mol. The van der Waals surface area contributed by atoms with Crippen LogP contribution in [0.3, 0.4) is 0 Å². The second-order valence-electron chi connectivity index (χ2n) is 6.91. The van der Waals surface area contributed by atoms with Gasteiger partial charge in [0.25, 0.3) is 5.91 Å². The van der Waals surface area contributed by atoms with Gasteiger partial charge in [-0.25, -0.2) is 4.98 Å². The summed E-state index contributed by atoms with van der Waals surface area (Å²) in [6.07, 6.45) is 2.75. The predicted molar refractivity (Wildman–Crippen MR) is 97.5 cm³/mol. The van der Waals surface area contributed by atoms with Crippen molar-refractivity contribution in [2.45, 2.75) is 31.9 Å². The fraction of sp³-hybridized carbons (Fsp3) is 0.500. The first-order valence-electron chi connectivity index (χ1n) is 8.41. The number of nitrogens with zero attached hydrogens (tertiary/aromatic N) is 4. The summed E-state index contributed by atoms with van der Waals surface area (Å²) in [5.74, 6) is -0.0554. The van der Waals surface area contributed by atoms with Crippen LogP contribution in [-0.2, 0) is 12.1 Å². The summed E-state index contributed by atoms with van der Waals surface area (Å²) in [6, 6.07) is 3.83. The van der Waals surface area contributed by atoms with Crippen molar-refractivity contribution in [3.8, 4) is 0 Å². The highest BCUT2D eigenvalue weighted by molar-refractivity contribution is 7.09. The molecule has 2 aromatic rings. The Morgan fingerprint density at radius 2 is 2.08 bits per heavy atom. The Morgan fingerprint density at radius 3 is 2.68 bits per heavy atom. The van der Waals surface area contributed by atoms with Gasteiger partial charge in [0.05, 0.1) is 5.69 Å². The quantitative estimate of drug-likeness (QED) is 0.903. The van der Waals surface area contributed by atoms with Crippen molar-refractivity contribution in [1.82, 2.24) is 19.8 Å². The average Bonchev–Trinajstić information content (AvgIpc) is 3.03. The van der Waals surface area contributed by atoms with Crippen LogP contribution in [-0.4, -0.2) is 58.0 Å². The number of thiazole rings is 1. The molecule has 0 bridgehead atoms. The molecule has 1 N–H and O–H groups in total. The third-order valence-electron chi connectivity index (χ3n) is 4.49. The van der Waals surface area contributed by atoms with Gasteiger partial charge in [0, 0.05) is 31.2 Å². The van der Waals surface area contributed by atoms with E-state index in [1.165, 1.54) is 11.3 Å². The van der Waals surface area contributed by atoms with E-state index >= 15 is 0 Å². The molecule has 3 rings (SSSR count). The molecule has 0 spiro atoms. The molecular formula is C18H24N4O2S. The number of hydrogen-bond donors (Lipinski definition) is 1. The van der Waals surface area contributed by atoms with Crippen LogP contribution in [0.25, 0.3) is 0 Å². The molecule has 25 heavy (non-hydrogen) atoms. The highest BCUT2D eigenvalue weighted by Gasteiger charge is 2.37. The number of piperidine rings is 1. The molecule has 1 aliphatic rings. The Labute approximate surface area is 152 Å². The second-order valence-corrected chi connectivity index (χ2v) is 7.85. The molecule has 0 aliphatic carbocycles. The molecule has 3 heterocycles. The van der Waals surface area contributed by atoms with Gasteiger partial charge in [-0.15, -0.1) is 11.3 Å². The average molecular weight is 360 g/mol. The molecule has 0 aromatic carbocycles. The normalized spacial score (nSPS) is 17.1. The van der Waals surface area contributed by atoms with Gasteiger partial charge in [0.15, 0.2) is 0 Å². The van der Waals surface area contributed by atoms with Gasteiger partial charge in [-0.3, -0.25) is 9.78 Å². The van der Waals surface area contributed by atoms with Gasteiger partial charge >= 0.3 is 0 Å². The Bertz CT molecular complexity index is 734. The molecule has 1 amide bonds. The molecule has 0 atom stereocenters. The van der Waals surface area contributed by atoms with E-state index in [2.05, 4.69) is 9.97 Å². The fourth-order valence-corrected chi connectivity index (χ4v) is 3.88. The first-order valence-corrected chi connectivity index (χ1v) is 9.29. The van der Waals surface area contributed by atoms with Crippen LogP contribution in [0.2, 0.25) is 0 Å². The van der Waals surface area contributed by atoms with Gasteiger partial charge < -0.3 is 14.9 Å². The summed E-state index contributed by atoms with van der Waals surface area (Å²) in [5, 5.41) is 13.6. The molecule has 7 heteroatoms. The third kappa shape index (κ3) is 4.05. The van der Waals surface area contributed by atoms with Crippen molar-refractivity contribution in [3.05, 3.63) is 45.7 Å². The number of aromatic nitrogens is 2. The van der Waals surface area contributed by atoms with Gasteiger partial charge in [0.2, 0.25) is 0 Å². The fourth-order valence-electron chi connectivity index (χ4n) is 2.99. The topological polar surface area (TPSA) is 69.6 Å². The number of carbonyl (C=O) groups excluding carboxylic acids is 1. The molecule has 1 aliphatic heterocycles. The summed E-state index contributed by atoms with van der Waals surface area (Å²) in [7, 11) is 3.96. The Kier molecular flexibility index (Phi) is 5.17. The lowest BCUT2D eigenvalue weighted by Crippen LogP contribution is -2.45. The van der Waals surface area contributed by atoms with Gasteiger partial charge in [-0.1, -0.05) is 6.07 Å². The summed E-state index contributed by atoms with van der Waals surface area (Å²) in [6.45, 7) is 3.72. The monoisotopic (exact) mass is 360 g/mol.